The maximum Gasteiger partial charge on any atom is 0.277 e. The van der Waals surface area contributed by atoms with Crippen molar-refractivity contribution < 1.29 is 9.32 Å². The van der Waals surface area contributed by atoms with Crippen LogP contribution in [0.4, 0.5) is 5.69 Å². The van der Waals surface area contributed by atoms with E-state index in [9.17, 15) is 4.79 Å². The molecule has 0 aliphatic heterocycles. The van der Waals surface area contributed by atoms with E-state index in [1.54, 1.807) is 13.0 Å². The van der Waals surface area contributed by atoms with Crippen LogP contribution in [0.5, 0.6) is 0 Å². The molecule has 1 N–H and O–H groups in total. The molecular weight excluding hydrogens is 284 g/mol. The van der Waals surface area contributed by atoms with Gasteiger partial charge in [0.1, 0.15) is 5.76 Å². The number of aryl methyl sites for hydroxylation is 2. The first-order chi connectivity index (χ1) is 8.06. The zero-order valence-electron chi connectivity index (χ0n) is 9.45. The zero-order chi connectivity index (χ0) is 12.4. The maximum atomic E-state index is 11.8. The fraction of sp³-hybridized carbons (Fsp3) is 0.167. The number of carbonyl (C=O) groups is 1. The van der Waals surface area contributed by atoms with Crippen LogP contribution >= 0.6 is 15.9 Å². The smallest absolute Gasteiger partial charge is 0.277 e. The highest BCUT2D eigenvalue weighted by molar-refractivity contribution is 9.10. The van der Waals surface area contributed by atoms with E-state index < -0.39 is 0 Å². The second kappa shape index (κ2) is 4.71. The lowest BCUT2D eigenvalue weighted by atomic mass is 10.2. The van der Waals surface area contributed by atoms with Crippen LogP contribution in [0.2, 0.25) is 0 Å². The number of anilines is 1. The maximum absolute atomic E-state index is 11.8. The van der Waals surface area contributed by atoms with Gasteiger partial charge < -0.3 is 9.84 Å². The largest absolute Gasteiger partial charge is 0.361 e. The zero-order valence-corrected chi connectivity index (χ0v) is 11.0. The number of hydrogen-bond donors (Lipinski definition) is 1. The van der Waals surface area contributed by atoms with Crippen LogP contribution in [0.1, 0.15) is 21.8 Å². The van der Waals surface area contributed by atoms with E-state index in [0.717, 1.165) is 15.7 Å². The van der Waals surface area contributed by atoms with Crippen LogP contribution in [0.25, 0.3) is 0 Å². The molecule has 0 bridgehead atoms. The van der Waals surface area contributed by atoms with Gasteiger partial charge >= 0.3 is 0 Å². The number of halogens is 1. The van der Waals surface area contributed by atoms with Crippen molar-refractivity contribution in [2.45, 2.75) is 13.8 Å². The van der Waals surface area contributed by atoms with E-state index >= 15 is 0 Å². The van der Waals surface area contributed by atoms with Gasteiger partial charge in [-0.2, -0.15) is 0 Å². The van der Waals surface area contributed by atoms with Gasteiger partial charge in [0.05, 0.1) is 5.69 Å². The molecule has 2 rings (SSSR count). The van der Waals surface area contributed by atoms with Crippen LogP contribution in [-0.2, 0) is 0 Å². The molecular formula is C12H11BrN2O2. The molecule has 88 valence electrons. The second-order valence-electron chi connectivity index (χ2n) is 3.76. The Labute approximate surface area is 107 Å². The Morgan fingerprint density at radius 1 is 1.35 bits per heavy atom. The Morgan fingerprint density at radius 2 is 2.12 bits per heavy atom. The molecule has 1 amide bonds. The summed E-state index contributed by atoms with van der Waals surface area (Å²) in [5.41, 5.74) is 2.06. The molecule has 0 atom stereocenters. The molecule has 5 heteroatoms. The summed E-state index contributed by atoms with van der Waals surface area (Å²) >= 11 is 3.38. The normalized spacial score (nSPS) is 10.3. The molecule has 0 saturated heterocycles. The summed E-state index contributed by atoms with van der Waals surface area (Å²) in [6, 6.07) is 7.33. The summed E-state index contributed by atoms with van der Waals surface area (Å²) in [4.78, 5) is 11.8. The minimum Gasteiger partial charge on any atom is -0.361 e. The van der Waals surface area contributed by atoms with Crippen molar-refractivity contribution in [2.75, 3.05) is 5.32 Å². The van der Waals surface area contributed by atoms with Crippen LogP contribution in [0.15, 0.2) is 33.3 Å². The summed E-state index contributed by atoms with van der Waals surface area (Å²) in [6.45, 7) is 3.70. The van der Waals surface area contributed by atoms with E-state index in [2.05, 4.69) is 26.4 Å². The molecule has 1 heterocycles. The van der Waals surface area contributed by atoms with Crippen LogP contribution in [-0.4, -0.2) is 11.1 Å². The molecule has 0 unspecified atom stereocenters. The van der Waals surface area contributed by atoms with Crippen molar-refractivity contribution in [3.05, 3.63) is 45.8 Å². The molecule has 0 saturated carbocycles. The molecule has 0 radical (unpaired) electrons. The Balaban J connectivity index is 2.21. The third kappa shape index (κ3) is 2.74. The molecule has 1 aromatic heterocycles. The Bertz CT molecular complexity index is 563. The van der Waals surface area contributed by atoms with Gasteiger partial charge in [0.25, 0.3) is 5.91 Å². The summed E-state index contributed by atoms with van der Waals surface area (Å²) < 4.78 is 5.68. The molecule has 0 aliphatic rings. The van der Waals surface area contributed by atoms with Gasteiger partial charge in [-0.05, 0) is 47.5 Å². The summed E-state index contributed by atoms with van der Waals surface area (Å²) in [5, 5.41) is 6.43. The lowest BCUT2D eigenvalue weighted by Crippen LogP contribution is -2.12. The topological polar surface area (TPSA) is 55.1 Å². The highest BCUT2D eigenvalue weighted by atomic mass is 79.9. The van der Waals surface area contributed by atoms with Crippen molar-refractivity contribution in [3.63, 3.8) is 0 Å². The molecule has 0 spiro atoms. The highest BCUT2D eigenvalue weighted by Gasteiger charge is 2.12. The number of benzene rings is 1. The number of aromatic nitrogens is 1. The van der Waals surface area contributed by atoms with E-state index in [-0.39, 0.29) is 11.6 Å². The SMILES string of the molecule is Cc1ccc(Br)c(NC(=O)c2cc(C)on2)c1. The van der Waals surface area contributed by atoms with Gasteiger partial charge in [-0.3, -0.25) is 4.79 Å². The van der Waals surface area contributed by atoms with Crippen molar-refractivity contribution in [3.8, 4) is 0 Å². The summed E-state index contributed by atoms with van der Waals surface area (Å²) in [5.74, 6) is 0.326. The second-order valence-corrected chi connectivity index (χ2v) is 4.61. The Kier molecular flexibility index (Phi) is 3.28. The number of carbonyl (C=O) groups excluding carboxylic acids is 1. The van der Waals surface area contributed by atoms with Crippen LogP contribution in [0, 0.1) is 13.8 Å². The first-order valence-electron chi connectivity index (χ1n) is 5.07. The fourth-order valence-electron chi connectivity index (χ4n) is 1.39. The van der Waals surface area contributed by atoms with E-state index in [4.69, 9.17) is 4.52 Å². The van der Waals surface area contributed by atoms with Crippen molar-refractivity contribution in [2.24, 2.45) is 0 Å². The predicted molar refractivity (Wildman–Crippen MR) is 68.1 cm³/mol. The number of hydrogen-bond acceptors (Lipinski definition) is 3. The third-order valence-electron chi connectivity index (χ3n) is 2.23. The van der Waals surface area contributed by atoms with E-state index in [1.165, 1.54) is 0 Å². The van der Waals surface area contributed by atoms with Gasteiger partial charge in [-0.15, -0.1) is 0 Å². The van der Waals surface area contributed by atoms with Gasteiger partial charge in [-0.1, -0.05) is 11.2 Å². The van der Waals surface area contributed by atoms with Crippen LogP contribution in [0.3, 0.4) is 0 Å². The lowest BCUT2D eigenvalue weighted by Gasteiger charge is -2.06. The van der Waals surface area contributed by atoms with Gasteiger partial charge in [0, 0.05) is 10.5 Å². The number of rotatable bonds is 2. The molecule has 17 heavy (non-hydrogen) atoms. The minimum atomic E-state index is -0.284. The van der Waals surface area contributed by atoms with Gasteiger partial charge in [0.15, 0.2) is 5.69 Å². The van der Waals surface area contributed by atoms with Crippen molar-refractivity contribution >= 4 is 27.5 Å². The van der Waals surface area contributed by atoms with Crippen molar-refractivity contribution in [1.82, 2.24) is 5.16 Å². The average Bonchev–Trinajstić information content (AvgIpc) is 2.70. The highest BCUT2D eigenvalue weighted by Crippen LogP contribution is 2.23. The van der Waals surface area contributed by atoms with Crippen molar-refractivity contribution in [1.29, 1.82) is 0 Å². The Hall–Kier alpha value is -1.62. The molecule has 4 nitrogen and oxygen atoms in total. The number of nitrogens with zero attached hydrogens (tertiary/aromatic N) is 1. The Morgan fingerprint density at radius 3 is 2.76 bits per heavy atom. The fourth-order valence-corrected chi connectivity index (χ4v) is 1.74. The monoisotopic (exact) mass is 294 g/mol. The average molecular weight is 295 g/mol. The number of amides is 1. The van der Waals surface area contributed by atoms with Gasteiger partial charge in [-0.25, -0.2) is 0 Å². The standard InChI is InChI=1S/C12H11BrN2O2/c1-7-3-4-9(13)10(5-7)14-12(16)11-6-8(2)17-15-11/h3-6H,1-2H3,(H,14,16). The lowest BCUT2D eigenvalue weighted by molar-refractivity contribution is 0.101. The number of nitrogens with one attached hydrogen (secondary N) is 1. The minimum absolute atomic E-state index is 0.274. The molecule has 0 fully saturated rings. The first kappa shape index (κ1) is 11.9. The summed E-state index contributed by atoms with van der Waals surface area (Å²) in [6.07, 6.45) is 0. The predicted octanol–water partition coefficient (Wildman–Crippen LogP) is 3.31. The van der Waals surface area contributed by atoms with E-state index in [0.29, 0.717) is 5.76 Å². The summed E-state index contributed by atoms with van der Waals surface area (Å²) in [7, 11) is 0. The van der Waals surface area contributed by atoms with E-state index in [1.807, 2.05) is 25.1 Å². The molecule has 0 aliphatic carbocycles. The van der Waals surface area contributed by atoms with Crippen LogP contribution < -0.4 is 5.32 Å². The molecule has 2 aromatic rings. The first-order valence-corrected chi connectivity index (χ1v) is 5.86. The quantitative estimate of drug-likeness (QED) is 0.924. The molecule has 1 aromatic carbocycles. The van der Waals surface area contributed by atoms with Gasteiger partial charge in [0.2, 0.25) is 0 Å². The third-order valence-corrected chi connectivity index (χ3v) is 2.92.